The number of hydrogen-bond donors (Lipinski definition) is 2. The van der Waals surface area contributed by atoms with Gasteiger partial charge in [-0.25, -0.2) is 4.98 Å². The first-order valence-corrected chi connectivity index (χ1v) is 10.1. The molecule has 2 aromatic heterocycles. The van der Waals surface area contributed by atoms with Crippen molar-refractivity contribution in [2.24, 2.45) is 18.7 Å². The van der Waals surface area contributed by atoms with E-state index in [1.54, 1.807) is 0 Å². The van der Waals surface area contributed by atoms with Crippen molar-refractivity contribution in [3.63, 3.8) is 0 Å². The van der Waals surface area contributed by atoms with E-state index in [-0.39, 0.29) is 36.3 Å². The van der Waals surface area contributed by atoms with Gasteiger partial charge in [0.2, 0.25) is 0 Å². The van der Waals surface area contributed by atoms with Crippen molar-refractivity contribution in [1.82, 2.24) is 14.5 Å². The molecule has 0 aromatic carbocycles. The average Bonchev–Trinajstić information content (AvgIpc) is 2.99. The third kappa shape index (κ3) is 6.25. The molecule has 0 fully saturated rings. The standard InChI is InChI=1S/C21H31F3N4O2/c1-20(2,3)18-10-15-19(28(18)4)27-16(11-26-15)17(30)7-5-6-13(14(25)12-29)8-9-21(22,23)24/h10-11,13-14,29H,5-9,12,25H2,1-4H3/t13-,14-/m0/s1. The number of hydrogen-bond acceptors (Lipinski definition) is 5. The maximum Gasteiger partial charge on any atom is 0.389 e. The Morgan fingerprint density at radius 2 is 1.93 bits per heavy atom. The highest BCUT2D eigenvalue weighted by Gasteiger charge is 2.30. The third-order valence-electron chi connectivity index (χ3n) is 5.38. The molecule has 0 unspecified atom stereocenters. The second-order valence-corrected chi connectivity index (χ2v) is 8.88. The van der Waals surface area contributed by atoms with E-state index in [1.165, 1.54) is 6.20 Å². The van der Waals surface area contributed by atoms with Crippen molar-refractivity contribution in [3.8, 4) is 0 Å². The summed E-state index contributed by atoms with van der Waals surface area (Å²) in [7, 11) is 1.88. The van der Waals surface area contributed by atoms with E-state index < -0.39 is 24.6 Å². The molecule has 0 aliphatic rings. The molecule has 0 bridgehead atoms. The molecule has 0 aliphatic carbocycles. The summed E-state index contributed by atoms with van der Waals surface area (Å²) >= 11 is 0. The lowest BCUT2D eigenvalue weighted by atomic mass is 9.89. The van der Waals surface area contributed by atoms with Crippen LogP contribution in [0.1, 0.15) is 69.1 Å². The van der Waals surface area contributed by atoms with Crippen LogP contribution in [0.4, 0.5) is 13.2 Å². The average molecular weight is 428 g/mol. The van der Waals surface area contributed by atoms with E-state index in [2.05, 4.69) is 30.7 Å². The number of ketones is 1. The number of nitrogens with zero attached hydrogens (tertiary/aromatic N) is 3. The Hall–Kier alpha value is -2.00. The quantitative estimate of drug-likeness (QED) is 0.591. The lowest BCUT2D eigenvalue weighted by molar-refractivity contribution is -0.138. The number of fused-ring (bicyclic) bond motifs is 1. The lowest BCUT2D eigenvalue weighted by Gasteiger charge is -2.22. The molecule has 6 nitrogen and oxygen atoms in total. The van der Waals surface area contributed by atoms with Gasteiger partial charge in [-0.15, -0.1) is 0 Å². The fraction of sp³-hybridized carbons (Fsp3) is 0.667. The monoisotopic (exact) mass is 428 g/mol. The van der Waals surface area contributed by atoms with Crippen LogP contribution in [0.3, 0.4) is 0 Å². The van der Waals surface area contributed by atoms with Gasteiger partial charge in [0.05, 0.1) is 12.8 Å². The summed E-state index contributed by atoms with van der Waals surface area (Å²) in [6.07, 6.45) is -3.10. The highest BCUT2D eigenvalue weighted by molar-refractivity contribution is 5.95. The molecule has 0 amide bonds. The number of alkyl halides is 3. The largest absolute Gasteiger partial charge is 0.395 e. The summed E-state index contributed by atoms with van der Waals surface area (Å²) in [6.45, 7) is 5.86. The Kier molecular flexibility index (Phi) is 7.63. The molecule has 0 aliphatic heterocycles. The molecule has 2 aromatic rings. The minimum Gasteiger partial charge on any atom is -0.395 e. The number of carbonyl (C=O) groups is 1. The van der Waals surface area contributed by atoms with Crippen molar-refractivity contribution in [3.05, 3.63) is 23.7 Å². The maximum absolute atomic E-state index is 12.6. The van der Waals surface area contributed by atoms with Crippen molar-refractivity contribution in [1.29, 1.82) is 0 Å². The number of nitrogens with two attached hydrogens (primary N) is 1. The summed E-state index contributed by atoms with van der Waals surface area (Å²) < 4.78 is 39.5. The molecule has 3 N–H and O–H groups in total. The van der Waals surface area contributed by atoms with Gasteiger partial charge in [-0.2, -0.15) is 13.2 Å². The first-order valence-electron chi connectivity index (χ1n) is 10.1. The Labute approximate surface area is 174 Å². The molecule has 2 rings (SSSR count). The van der Waals surface area contributed by atoms with Crippen molar-refractivity contribution in [2.45, 2.75) is 70.5 Å². The van der Waals surface area contributed by atoms with Gasteiger partial charge in [0, 0.05) is 37.0 Å². The molecule has 9 heteroatoms. The van der Waals surface area contributed by atoms with Crippen LogP contribution in [0.2, 0.25) is 0 Å². The van der Waals surface area contributed by atoms with Crippen LogP contribution < -0.4 is 5.73 Å². The summed E-state index contributed by atoms with van der Waals surface area (Å²) in [5, 5.41) is 9.21. The maximum atomic E-state index is 12.6. The fourth-order valence-corrected chi connectivity index (χ4v) is 3.66. The number of carbonyl (C=O) groups excluding carboxylic acids is 1. The van der Waals surface area contributed by atoms with Gasteiger partial charge in [0.25, 0.3) is 0 Å². The van der Waals surface area contributed by atoms with Crippen molar-refractivity contribution in [2.75, 3.05) is 6.61 Å². The van der Waals surface area contributed by atoms with E-state index in [0.717, 1.165) is 5.69 Å². The molecule has 168 valence electrons. The Morgan fingerprint density at radius 1 is 1.27 bits per heavy atom. The predicted octanol–water partition coefficient (Wildman–Crippen LogP) is 3.90. The molecule has 0 saturated carbocycles. The number of aliphatic hydroxyl groups is 1. The Balaban J connectivity index is 2.04. The number of aliphatic hydroxyl groups excluding tert-OH is 1. The number of halogens is 3. The van der Waals surface area contributed by atoms with E-state index in [0.29, 0.717) is 24.0 Å². The zero-order chi connectivity index (χ0) is 22.7. The third-order valence-corrected chi connectivity index (χ3v) is 5.38. The topological polar surface area (TPSA) is 94.0 Å². The highest BCUT2D eigenvalue weighted by Crippen LogP contribution is 2.28. The van der Waals surface area contributed by atoms with Gasteiger partial charge in [0.1, 0.15) is 11.2 Å². The summed E-state index contributed by atoms with van der Waals surface area (Å²) in [5.41, 5.74) is 8.28. The lowest BCUT2D eigenvalue weighted by Crippen LogP contribution is -2.34. The van der Waals surface area contributed by atoms with Gasteiger partial charge >= 0.3 is 6.18 Å². The van der Waals surface area contributed by atoms with Crippen LogP contribution in [0.25, 0.3) is 11.2 Å². The number of Topliss-reactive ketones (excluding diaryl/α,β-unsaturated/α-hetero) is 1. The van der Waals surface area contributed by atoms with Gasteiger partial charge in [0.15, 0.2) is 11.4 Å². The zero-order valence-electron chi connectivity index (χ0n) is 18.0. The van der Waals surface area contributed by atoms with Crippen molar-refractivity contribution < 1.29 is 23.1 Å². The molecular formula is C21H31F3N4O2. The second-order valence-electron chi connectivity index (χ2n) is 8.88. The normalized spacial score (nSPS) is 14.8. The smallest absolute Gasteiger partial charge is 0.389 e. The van der Waals surface area contributed by atoms with Gasteiger partial charge in [-0.05, 0) is 31.2 Å². The van der Waals surface area contributed by atoms with Crippen LogP contribution in [-0.2, 0) is 12.5 Å². The molecule has 30 heavy (non-hydrogen) atoms. The molecule has 2 atom stereocenters. The highest BCUT2D eigenvalue weighted by atomic mass is 19.4. The number of aryl methyl sites for hydroxylation is 1. The first kappa shape index (κ1) is 24.3. The molecular weight excluding hydrogens is 397 g/mol. The Bertz CT molecular complexity index is 871. The molecule has 2 heterocycles. The SMILES string of the molecule is Cn1c(C(C)(C)C)cc2ncc(C(=O)CCC[C@@H](CCC(F)(F)F)[C@@H](N)CO)nc21. The summed E-state index contributed by atoms with van der Waals surface area (Å²) in [6, 6.07) is 1.22. The molecule has 0 spiro atoms. The first-order chi connectivity index (χ1) is 13.8. The van der Waals surface area contributed by atoms with Crippen LogP contribution in [0.5, 0.6) is 0 Å². The van der Waals surface area contributed by atoms with Gasteiger partial charge in [-0.1, -0.05) is 20.8 Å². The second kappa shape index (κ2) is 9.43. The van der Waals surface area contributed by atoms with E-state index in [9.17, 15) is 23.1 Å². The Morgan fingerprint density at radius 3 is 2.50 bits per heavy atom. The minimum atomic E-state index is -4.27. The van der Waals surface area contributed by atoms with Crippen LogP contribution in [0, 0.1) is 5.92 Å². The summed E-state index contributed by atoms with van der Waals surface area (Å²) in [4.78, 5) is 21.4. The zero-order valence-corrected chi connectivity index (χ0v) is 18.0. The van der Waals surface area contributed by atoms with Crippen LogP contribution in [0.15, 0.2) is 12.3 Å². The molecule has 0 radical (unpaired) electrons. The summed E-state index contributed by atoms with van der Waals surface area (Å²) in [5.74, 6) is -0.713. The van der Waals surface area contributed by atoms with Gasteiger partial charge in [-0.3, -0.25) is 9.78 Å². The van der Waals surface area contributed by atoms with Crippen molar-refractivity contribution >= 4 is 16.9 Å². The van der Waals surface area contributed by atoms with E-state index in [4.69, 9.17) is 5.73 Å². The van der Waals surface area contributed by atoms with E-state index in [1.807, 2.05) is 17.7 Å². The number of aromatic nitrogens is 3. The minimum absolute atomic E-state index is 0.0990. The number of rotatable bonds is 9. The van der Waals surface area contributed by atoms with E-state index >= 15 is 0 Å². The predicted molar refractivity (Wildman–Crippen MR) is 109 cm³/mol. The van der Waals surface area contributed by atoms with Gasteiger partial charge < -0.3 is 15.4 Å². The molecule has 0 saturated heterocycles. The fourth-order valence-electron chi connectivity index (χ4n) is 3.66. The van der Waals surface area contributed by atoms with Crippen LogP contribution in [-0.4, -0.2) is 44.2 Å². The van der Waals surface area contributed by atoms with Crippen LogP contribution >= 0.6 is 0 Å².